The van der Waals surface area contributed by atoms with Gasteiger partial charge in [0.25, 0.3) is 0 Å². The summed E-state index contributed by atoms with van der Waals surface area (Å²) in [6.45, 7) is 2.23. The first-order chi connectivity index (χ1) is 8.28. The van der Waals surface area contributed by atoms with Crippen molar-refractivity contribution in [3.05, 3.63) is 29.7 Å². The summed E-state index contributed by atoms with van der Waals surface area (Å²) in [7, 11) is 0. The van der Waals surface area contributed by atoms with Crippen molar-refractivity contribution in [1.82, 2.24) is 9.97 Å². The van der Waals surface area contributed by atoms with Gasteiger partial charge in [-0.1, -0.05) is 0 Å². The molecule has 2 heterocycles. The summed E-state index contributed by atoms with van der Waals surface area (Å²) in [6, 6.07) is 5.78. The third kappa shape index (κ3) is 1.51. The third-order valence-corrected chi connectivity index (χ3v) is 2.69. The maximum Gasteiger partial charge on any atom is 0.231 e. The van der Waals surface area contributed by atoms with E-state index in [1.54, 1.807) is 6.20 Å². The number of aromatic nitrogens is 2. The first-order valence-electron chi connectivity index (χ1n) is 5.13. The van der Waals surface area contributed by atoms with Crippen molar-refractivity contribution in [2.24, 2.45) is 0 Å². The van der Waals surface area contributed by atoms with Gasteiger partial charge in [0.2, 0.25) is 12.6 Å². The number of hydrogen-bond donors (Lipinski definition) is 1. The van der Waals surface area contributed by atoms with E-state index in [1.807, 2.05) is 25.1 Å². The smallest absolute Gasteiger partial charge is 0.231 e. The Morgan fingerprint density at radius 2 is 2.12 bits per heavy atom. The van der Waals surface area contributed by atoms with Gasteiger partial charge in [-0.25, -0.2) is 4.98 Å². The zero-order valence-corrected chi connectivity index (χ0v) is 9.15. The quantitative estimate of drug-likeness (QED) is 0.808. The molecule has 0 radical (unpaired) electrons. The highest BCUT2D eigenvalue weighted by atomic mass is 16.7. The molecular formula is C12H9N3O2. The molecule has 5 nitrogen and oxygen atoms in total. The van der Waals surface area contributed by atoms with Gasteiger partial charge in [0.05, 0.1) is 11.9 Å². The summed E-state index contributed by atoms with van der Waals surface area (Å²) in [5, 5.41) is 8.73. The van der Waals surface area contributed by atoms with Crippen LogP contribution < -0.4 is 9.47 Å². The van der Waals surface area contributed by atoms with Crippen molar-refractivity contribution in [1.29, 1.82) is 5.26 Å². The van der Waals surface area contributed by atoms with Crippen molar-refractivity contribution in [3.8, 4) is 28.8 Å². The first kappa shape index (κ1) is 9.73. The summed E-state index contributed by atoms with van der Waals surface area (Å²) in [5.41, 5.74) is 2.81. The van der Waals surface area contributed by atoms with Crippen LogP contribution in [0.2, 0.25) is 0 Å². The molecule has 17 heavy (non-hydrogen) atoms. The van der Waals surface area contributed by atoms with Crippen LogP contribution in [0, 0.1) is 18.3 Å². The third-order valence-electron chi connectivity index (χ3n) is 2.69. The lowest BCUT2D eigenvalue weighted by molar-refractivity contribution is 0.174. The average Bonchev–Trinajstić information content (AvgIpc) is 2.94. The Morgan fingerprint density at radius 3 is 2.82 bits per heavy atom. The molecule has 0 saturated heterocycles. The minimum absolute atomic E-state index is 0.255. The predicted molar refractivity (Wildman–Crippen MR) is 59.6 cm³/mol. The second kappa shape index (κ2) is 3.52. The van der Waals surface area contributed by atoms with Crippen molar-refractivity contribution in [2.75, 3.05) is 6.79 Å². The van der Waals surface area contributed by atoms with Crippen LogP contribution >= 0.6 is 0 Å². The Bertz CT molecular complexity index is 625. The van der Waals surface area contributed by atoms with E-state index in [2.05, 4.69) is 9.97 Å². The van der Waals surface area contributed by atoms with E-state index in [1.165, 1.54) is 0 Å². The summed E-state index contributed by atoms with van der Waals surface area (Å²) in [6.07, 6.45) is 1.64. The van der Waals surface area contributed by atoms with Crippen molar-refractivity contribution in [3.63, 3.8) is 0 Å². The molecular weight excluding hydrogens is 218 g/mol. The molecule has 1 aromatic carbocycles. The number of nitrogens with one attached hydrogen (secondary N) is 1. The van der Waals surface area contributed by atoms with E-state index < -0.39 is 0 Å². The molecule has 0 bridgehead atoms. The van der Waals surface area contributed by atoms with Gasteiger partial charge < -0.3 is 14.5 Å². The highest BCUT2D eigenvalue weighted by Crippen LogP contribution is 2.37. The summed E-state index contributed by atoms with van der Waals surface area (Å²) in [5.74, 6) is 1.78. The van der Waals surface area contributed by atoms with Crippen LogP contribution in [0.5, 0.6) is 11.5 Å². The first-order valence-corrected chi connectivity index (χ1v) is 5.13. The zero-order chi connectivity index (χ0) is 11.8. The van der Waals surface area contributed by atoms with E-state index in [9.17, 15) is 0 Å². The number of aryl methyl sites for hydroxylation is 1. The van der Waals surface area contributed by atoms with Crippen molar-refractivity contribution >= 4 is 0 Å². The summed E-state index contributed by atoms with van der Waals surface area (Å²) in [4.78, 5) is 6.90. The highest BCUT2D eigenvalue weighted by Gasteiger charge is 2.17. The number of hydrogen-bond acceptors (Lipinski definition) is 4. The number of benzene rings is 1. The molecule has 0 amide bonds. The lowest BCUT2D eigenvalue weighted by Crippen LogP contribution is -1.92. The fraction of sp³-hybridized carbons (Fsp3) is 0.167. The van der Waals surface area contributed by atoms with Crippen LogP contribution in [-0.4, -0.2) is 16.8 Å². The monoisotopic (exact) mass is 227 g/mol. The predicted octanol–water partition coefficient (Wildman–Crippen LogP) is 1.99. The van der Waals surface area contributed by atoms with Gasteiger partial charge >= 0.3 is 0 Å². The second-order valence-electron chi connectivity index (χ2n) is 3.78. The molecule has 0 unspecified atom stereocenters. The average molecular weight is 227 g/mol. The van der Waals surface area contributed by atoms with Crippen LogP contribution in [0.15, 0.2) is 18.3 Å². The molecule has 0 spiro atoms. The molecule has 0 saturated carbocycles. The van der Waals surface area contributed by atoms with Gasteiger partial charge in [-0.2, -0.15) is 5.26 Å². The van der Waals surface area contributed by atoms with Crippen LogP contribution in [0.3, 0.4) is 0 Å². The molecule has 5 heteroatoms. The number of aromatic amines is 1. The maximum absolute atomic E-state index is 8.73. The van der Waals surface area contributed by atoms with Crippen molar-refractivity contribution in [2.45, 2.75) is 6.92 Å². The molecule has 1 N–H and O–H groups in total. The topological polar surface area (TPSA) is 70.9 Å². The molecule has 1 aromatic heterocycles. The molecule has 1 aliphatic heterocycles. The van der Waals surface area contributed by atoms with E-state index in [0.717, 1.165) is 28.3 Å². The molecule has 2 aromatic rings. The minimum atomic E-state index is 0.255. The van der Waals surface area contributed by atoms with E-state index >= 15 is 0 Å². The lowest BCUT2D eigenvalue weighted by atomic mass is 10.1. The number of ether oxygens (including phenoxy) is 2. The normalized spacial score (nSPS) is 12.5. The lowest BCUT2D eigenvalue weighted by Gasteiger charge is -2.05. The highest BCUT2D eigenvalue weighted by molar-refractivity contribution is 5.68. The van der Waals surface area contributed by atoms with Crippen LogP contribution in [-0.2, 0) is 0 Å². The van der Waals surface area contributed by atoms with Gasteiger partial charge in [-0.3, -0.25) is 0 Å². The molecule has 1 aliphatic rings. The number of nitriles is 1. The molecule has 3 rings (SSSR count). The number of rotatable bonds is 1. The van der Waals surface area contributed by atoms with Crippen molar-refractivity contribution < 1.29 is 9.47 Å². The zero-order valence-electron chi connectivity index (χ0n) is 9.15. The van der Waals surface area contributed by atoms with E-state index in [-0.39, 0.29) is 6.79 Å². The van der Waals surface area contributed by atoms with Crippen LogP contribution in [0.1, 0.15) is 11.4 Å². The number of imidazole rings is 1. The molecule has 0 fully saturated rings. The van der Waals surface area contributed by atoms with Gasteiger partial charge in [0.1, 0.15) is 6.07 Å². The van der Waals surface area contributed by atoms with Crippen LogP contribution in [0.25, 0.3) is 11.3 Å². The standard InChI is InChI=1S/C12H9N3O2/c1-7-2-10-11(17-6-16-10)3-8(7)9-5-14-12(4-13)15-9/h2-3,5H,6H2,1H3,(H,14,15). The van der Waals surface area contributed by atoms with Gasteiger partial charge in [-0.15, -0.1) is 0 Å². The number of fused-ring (bicyclic) bond motifs is 1. The Labute approximate surface area is 97.6 Å². The number of nitrogens with zero attached hydrogens (tertiary/aromatic N) is 2. The fourth-order valence-electron chi connectivity index (χ4n) is 1.85. The Morgan fingerprint density at radius 1 is 1.35 bits per heavy atom. The van der Waals surface area contributed by atoms with Gasteiger partial charge in [0, 0.05) is 5.56 Å². The van der Waals surface area contributed by atoms with Gasteiger partial charge in [-0.05, 0) is 24.6 Å². The fourth-order valence-corrected chi connectivity index (χ4v) is 1.85. The van der Waals surface area contributed by atoms with E-state index in [4.69, 9.17) is 14.7 Å². The number of H-pyrrole nitrogens is 1. The molecule has 0 atom stereocenters. The Kier molecular flexibility index (Phi) is 2.02. The maximum atomic E-state index is 8.73. The van der Waals surface area contributed by atoms with E-state index in [0.29, 0.717) is 5.82 Å². The SMILES string of the molecule is Cc1cc2c(cc1-c1cnc(C#N)[nH]1)OCO2. The Balaban J connectivity index is 2.12. The summed E-state index contributed by atoms with van der Waals surface area (Å²) >= 11 is 0. The van der Waals surface area contributed by atoms with Crippen LogP contribution in [0.4, 0.5) is 0 Å². The summed E-state index contributed by atoms with van der Waals surface area (Å²) < 4.78 is 10.6. The Hall–Kier alpha value is -2.48. The molecule has 0 aliphatic carbocycles. The second-order valence-corrected chi connectivity index (χ2v) is 3.78. The molecule has 84 valence electrons. The minimum Gasteiger partial charge on any atom is -0.454 e. The largest absolute Gasteiger partial charge is 0.454 e. The van der Waals surface area contributed by atoms with Gasteiger partial charge in [0.15, 0.2) is 11.5 Å².